The molecule has 1 N–H and O–H groups in total. The highest BCUT2D eigenvalue weighted by Crippen LogP contribution is 2.21. The van der Waals surface area contributed by atoms with Gasteiger partial charge >= 0.3 is 0 Å². The summed E-state index contributed by atoms with van der Waals surface area (Å²) in [6.07, 6.45) is 2.27. The van der Waals surface area contributed by atoms with Gasteiger partial charge in [0.1, 0.15) is 0 Å². The molecule has 1 rings (SSSR count). The van der Waals surface area contributed by atoms with E-state index in [0.717, 1.165) is 25.4 Å². The van der Waals surface area contributed by atoms with Gasteiger partial charge in [0, 0.05) is 19.0 Å². The summed E-state index contributed by atoms with van der Waals surface area (Å²) in [5.41, 5.74) is 4.38. The van der Waals surface area contributed by atoms with E-state index >= 15 is 0 Å². The molecule has 0 fully saturated rings. The van der Waals surface area contributed by atoms with Crippen molar-refractivity contribution < 1.29 is 0 Å². The van der Waals surface area contributed by atoms with E-state index in [2.05, 4.69) is 51.2 Å². The molecule has 0 spiro atoms. The number of rotatable bonds is 7. The topological polar surface area (TPSA) is 12.0 Å². The van der Waals surface area contributed by atoms with Crippen molar-refractivity contribution in [2.75, 3.05) is 12.4 Å². The third kappa shape index (κ3) is 5.88. The minimum atomic E-state index is 0.327. The Kier molecular flexibility index (Phi) is 6.17. The Morgan fingerprint density at radius 1 is 1.11 bits per heavy atom. The van der Waals surface area contributed by atoms with E-state index in [0.29, 0.717) is 5.41 Å². The number of hydrogen-bond donors (Lipinski definition) is 1. The van der Waals surface area contributed by atoms with Crippen LogP contribution in [0.3, 0.4) is 0 Å². The van der Waals surface area contributed by atoms with Gasteiger partial charge in [-0.25, -0.2) is 0 Å². The second kappa shape index (κ2) is 7.16. The Bertz CT molecular complexity index is 351. The minimum Gasteiger partial charge on any atom is -0.312 e. The molecule has 0 radical (unpaired) electrons. The van der Waals surface area contributed by atoms with Crippen LogP contribution in [0.5, 0.6) is 0 Å². The van der Waals surface area contributed by atoms with Crippen molar-refractivity contribution in [1.29, 1.82) is 0 Å². The maximum atomic E-state index is 5.75. The van der Waals surface area contributed by atoms with Crippen LogP contribution in [0.25, 0.3) is 0 Å². The molecule has 0 saturated carbocycles. The number of alkyl halides is 1. The molecule has 0 aliphatic rings. The molecule has 1 aromatic carbocycles. The summed E-state index contributed by atoms with van der Waals surface area (Å²) in [4.78, 5) is 0. The Morgan fingerprint density at radius 2 is 1.72 bits per heavy atom. The Hall–Kier alpha value is -0.530. The van der Waals surface area contributed by atoms with Crippen molar-refractivity contribution >= 4 is 11.6 Å². The summed E-state index contributed by atoms with van der Waals surface area (Å²) < 4.78 is 0. The summed E-state index contributed by atoms with van der Waals surface area (Å²) in [6.45, 7) is 10.9. The lowest BCUT2D eigenvalue weighted by molar-refractivity contribution is 0.311. The summed E-state index contributed by atoms with van der Waals surface area (Å²) >= 11 is 5.75. The van der Waals surface area contributed by atoms with Crippen LogP contribution in [-0.4, -0.2) is 12.4 Å². The van der Waals surface area contributed by atoms with Crippen LogP contribution in [0.15, 0.2) is 18.2 Å². The fraction of sp³-hybridized carbons (Fsp3) is 0.625. The molecule has 102 valence electrons. The molecule has 0 aliphatic heterocycles. The first-order chi connectivity index (χ1) is 8.43. The van der Waals surface area contributed by atoms with Gasteiger partial charge in [-0.3, -0.25) is 0 Å². The molecule has 0 aliphatic carbocycles. The smallest absolute Gasteiger partial charge is 0.0223 e. The summed E-state index contributed by atoms with van der Waals surface area (Å²) in [7, 11) is 0. The van der Waals surface area contributed by atoms with E-state index in [-0.39, 0.29) is 0 Å². The number of hydrogen-bond acceptors (Lipinski definition) is 1. The maximum absolute atomic E-state index is 5.75. The molecule has 18 heavy (non-hydrogen) atoms. The van der Waals surface area contributed by atoms with Crippen LogP contribution in [0.1, 0.15) is 43.4 Å². The molecule has 0 aromatic heterocycles. The van der Waals surface area contributed by atoms with Crippen LogP contribution >= 0.6 is 11.6 Å². The zero-order valence-corrected chi connectivity index (χ0v) is 12.9. The highest BCUT2D eigenvalue weighted by Gasteiger charge is 2.16. The maximum Gasteiger partial charge on any atom is 0.0223 e. The normalized spacial score (nSPS) is 11.8. The predicted octanol–water partition coefficient (Wildman–Crippen LogP) is 4.44. The zero-order chi connectivity index (χ0) is 13.6. The average molecular weight is 268 g/mol. The summed E-state index contributed by atoms with van der Waals surface area (Å²) in [5, 5.41) is 3.56. The largest absolute Gasteiger partial charge is 0.312 e. The lowest BCUT2D eigenvalue weighted by Crippen LogP contribution is -2.29. The molecule has 0 unspecified atom stereocenters. The lowest BCUT2D eigenvalue weighted by Gasteiger charge is -2.24. The van der Waals surface area contributed by atoms with Gasteiger partial charge in [0.05, 0.1) is 0 Å². The van der Waals surface area contributed by atoms with Crippen LogP contribution in [-0.2, 0) is 6.54 Å². The summed E-state index contributed by atoms with van der Waals surface area (Å²) in [6, 6.07) is 6.73. The van der Waals surface area contributed by atoms with Gasteiger partial charge in [-0.15, -0.1) is 11.6 Å². The van der Waals surface area contributed by atoms with Crippen molar-refractivity contribution in [3.05, 3.63) is 34.9 Å². The van der Waals surface area contributed by atoms with E-state index in [4.69, 9.17) is 11.6 Å². The fourth-order valence-electron chi connectivity index (χ4n) is 2.35. The first-order valence-electron chi connectivity index (χ1n) is 6.77. The van der Waals surface area contributed by atoms with E-state index in [1.165, 1.54) is 23.1 Å². The molecule has 0 atom stereocenters. The van der Waals surface area contributed by atoms with E-state index in [9.17, 15) is 0 Å². The Labute approximate surface area is 117 Å². The van der Waals surface area contributed by atoms with Gasteiger partial charge < -0.3 is 5.32 Å². The van der Waals surface area contributed by atoms with Crippen LogP contribution < -0.4 is 5.32 Å². The van der Waals surface area contributed by atoms with Gasteiger partial charge in [-0.1, -0.05) is 43.2 Å². The zero-order valence-electron chi connectivity index (χ0n) is 12.1. The molecule has 1 aromatic rings. The number of benzene rings is 1. The van der Waals surface area contributed by atoms with Crippen LogP contribution in [0.2, 0.25) is 0 Å². The third-order valence-corrected chi connectivity index (χ3v) is 3.47. The first kappa shape index (κ1) is 15.5. The van der Waals surface area contributed by atoms with Gasteiger partial charge in [-0.05, 0) is 37.7 Å². The monoisotopic (exact) mass is 267 g/mol. The lowest BCUT2D eigenvalue weighted by atomic mass is 9.88. The second-order valence-corrected chi connectivity index (χ2v) is 6.43. The minimum absolute atomic E-state index is 0.327. The number of aryl methyl sites for hydroxylation is 2. The Morgan fingerprint density at radius 3 is 2.28 bits per heavy atom. The van der Waals surface area contributed by atoms with Gasteiger partial charge in [0.25, 0.3) is 0 Å². The summed E-state index contributed by atoms with van der Waals surface area (Å²) in [5.74, 6) is 0.764. The second-order valence-electron chi connectivity index (χ2n) is 6.06. The van der Waals surface area contributed by atoms with Crippen molar-refractivity contribution in [2.45, 2.75) is 47.1 Å². The van der Waals surface area contributed by atoms with Crippen molar-refractivity contribution in [3.63, 3.8) is 0 Å². The predicted molar refractivity (Wildman–Crippen MR) is 81.4 cm³/mol. The number of nitrogens with one attached hydrogen (secondary N) is 1. The highest BCUT2D eigenvalue weighted by molar-refractivity contribution is 6.17. The molecular weight excluding hydrogens is 242 g/mol. The quantitative estimate of drug-likeness (QED) is 0.721. The third-order valence-electron chi connectivity index (χ3n) is 3.20. The van der Waals surface area contributed by atoms with Crippen molar-refractivity contribution in [1.82, 2.24) is 5.32 Å². The van der Waals surface area contributed by atoms with E-state index in [1.807, 2.05) is 0 Å². The molecule has 0 amide bonds. The molecule has 1 nitrogen and oxygen atoms in total. The van der Waals surface area contributed by atoms with Gasteiger partial charge in [-0.2, -0.15) is 0 Å². The molecule has 0 heterocycles. The molecule has 0 saturated heterocycles. The molecule has 2 heteroatoms. The first-order valence-corrected chi connectivity index (χ1v) is 7.30. The SMILES string of the molecule is Cc1cc(C)cc(CNCC(C)(C)CCCCl)c1. The molecular formula is C16H26ClN. The van der Waals surface area contributed by atoms with Crippen LogP contribution in [0, 0.1) is 19.3 Å². The van der Waals surface area contributed by atoms with E-state index < -0.39 is 0 Å². The van der Waals surface area contributed by atoms with Gasteiger partial charge in [0.15, 0.2) is 0 Å². The van der Waals surface area contributed by atoms with E-state index in [1.54, 1.807) is 0 Å². The fourth-order valence-corrected chi connectivity index (χ4v) is 2.48. The highest BCUT2D eigenvalue weighted by atomic mass is 35.5. The number of halogens is 1. The van der Waals surface area contributed by atoms with Crippen molar-refractivity contribution in [3.8, 4) is 0 Å². The van der Waals surface area contributed by atoms with Crippen LogP contribution in [0.4, 0.5) is 0 Å². The standard InChI is InChI=1S/C16H26ClN/c1-13-8-14(2)10-15(9-13)11-18-12-16(3,4)6-5-7-17/h8-10,18H,5-7,11-12H2,1-4H3. The Balaban J connectivity index is 2.41. The van der Waals surface area contributed by atoms with Crippen molar-refractivity contribution in [2.24, 2.45) is 5.41 Å². The van der Waals surface area contributed by atoms with Gasteiger partial charge in [0.2, 0.25) is 0 Å². The molecule has 0 bridgehead atoms. The average Bonchev–Trinajstić information content (AvgIpc) is 2.25.